The monoisotopic (exact) mass is 592 g/mol. The van der Waals surface area contributed by atoms with E-state index in [1.54, 1.807) is 13.8 Å². The molecular weight excluding hydrogens is 540 g/mol. The van der Waals surface area contributed by atoms with Crippen LogP contribution in [0.1, 0.15) is 125 Å². The predicted molar refractivity (Wildman–Crippen MR) is 162 cm³/mol. The van der Waals surface area contributed by atoms with Gasteiger partial charge in [0.25, 0.3) is 11.8 Å². The summed E-state index contributed by atoms with van der Waals surface area (Å²) in [6.45, 7) is 7.61. The minimum Gasteiger partial charge on any atom is -0.493 e. The van der Waals surface area contributed by atoms with Crippen LogP contribution >= 0.6 is 0 Å². The average Bonchev–Trinajstić information content (AvgIpc) is 2.95. The van der Waals surface area contributed by atoms with Crippen molar-refractivity contribution in [1.82, 2.24) is 4.90 Å². The Balaban J connectivity index is 3.27. The molecule has 1 aromatic rings. The summed E-state index contributed by atoms with van der Waals surface area (Å²) in [6.07, 6.45) is 12.8. The molecule has 1 rings (SSSR count). The molecule has 0 saturated carbocycles. The summed E-state index contributed by atoms with van der Waals surface area (Å²) >= 11 is 0. The smallest absolute Gasteiger partial charge is 0.325 e. The highest BCUT2D eigenvalue weighted by Gasteiger charge is 2.28. The molecule has 0 unspecified atom stereocenters. The second kappa shape index (κ2) is 22.3. The van der Waals surface area contributed by atoms with Crippen molar-refractivity contribution in [3.8, 4) is 11.5 Å². The minimum atomic E-state index is -0.771. The highest BCUT2D eigenvalue weighted by Crippen LogP contribution is 2.31. The van der Waals surface area contributed by atoms with Gasteiger partial charge in [-0.2, -0.15) is 0 Å². The summed E-state index contributed by atoms with van der Waals surface area (Å²) in [5.41, 5.74) is 5.70. The van der Waals surface area contributed by atoms with E-state index in [9.17, 15) is 19.2 Å². The van der Waals surface area contributed by atoms with Gasteiger partial charge in [-0.15, -0.1) is 0 Å². The molecule has 0 atom stereocenters. The van der Waals surface area contributed by atoms with E-state index in [0.29, 0.717) is 13.2 Å². The highest BCUT2D eigenvalue weighted by atomic mass is 16.5. The van der Waals surface area contributed by atoms with Gasteiger partial charge in [0.1, 0.15) is 24.6 Å². The Morgan fingerprint density at radius 2 is 1.05 bits per heavy atom. The van der Waals surface area contributed by atoms with Crippen LogP contribution in [-0.4, -0.2) is 68.2 Å². The van der Waals surface area contributed by atoms with Crippen LogP contribution in [0, 0.1) is 0 Å². The Morgan fingerprint density at radius 3 is 1.48 bits per heavy atom. The molecule has 42 heavy (non-hydrogen) atoms. The quantitative estimate of drug-likeness (QED) is 0.117. The molecule has 2 amide bonds. The zero-order chi connectivity index (χ0) is 31.2. The third kappa shape index (κ3) is 14.5. The second-order valence-corrected chi connectivity index (χ2v) is 10.2. The normalized spacial score (nSPS) is 10.7. The third-order valence-corrected chi connectivity index (χ3v) is 6.63. The molecule has 0 spiro atoms. The summed E-state index contributed by atoms with van der Waals surface area (Å²) in [4.78, 5) is 51.8. The maximum absolute atomic E-state index is 13.8. The van der Waals surface area contributed by atoms with Crippen molar-refractivity contribution >= 4 is 23.8 Å². The van der Waals surface area contributed by atoms with Crippen LogP contribution < -0.4 is 15.2 Å². The Morgan fingerprint density at radius 1 is 0.619 bits per heavy atom. The Labute approximate surface area is 251 Å². The molecule has 0 bridgehead atoms. The third-order valence-electron chi connectivity index (χ3n) is 6.63. The van der Waals surface area contributed by atoms with Crippen LogP contribution in [-0.2, 0) is 19.1 Å². The standard InChI is InChI=1S/C32H52N2O8/c1-5-9-11-13-15-17-19-41-27-22-28(42-20-18-16-14-12-10-6-2)26(21-25(27)31(33)37)32(38)34(23-29(35)39-7-3)24-30(36)40-8-4/h21-22H,5-20,23-24H2,1-4H3,(H2,33,37). The topological polar surface area (TPSA) is 134 Å². The number of esters is 2. The van der Waals surface area contributed by atoms with E-state index in [2.05, 4.69) is 13.8 Å². The zero-order valence-electron chi connectivity index (χ0n) is 26.2. The van der Waals surface area contributed by atoms with Crippen molar-refractivity contribution < 1.29 is 38.1 Å². The lowest BCUT2D eigenvalue weighted by Gasteiger charge is -2.23. The number of rotatable bonds is 24. The molecule has 0 aromatic heterocycles. The molecule has 0 radical (unpaired) electrons. The van der Waals surface area contributed by atoms with Gasteiger partial charge < -0.3 is 29.6 Å². The summed E-state index contributed by atoms with van der Waals surface area (Å²) in [5.74, 6) is -2.41. The van der Waals surface area contributed by atoms with E-state index in [1.165, 1.54) is 37.8 Å². The largest absolute Gasteiger partial charge is 0.493 e. The maximum Gasteiger partial charge on any atom is 0.325 e. The Bertz CT molecular complexity index is 946. The number of unbranched alkanes of at least 4 members (excludes halogenated alkanes) is 10. The Kier molecular flexibility index (Phi) is 19.5. The zero-order valence-corrected chi connectivity index (χ0v) is 26.2. The molecule has 0 saturated heterocycles. The second-order valence-electron chi connectivity index (χ2n) is 10.2. The molecule has 10 heteroatoms. The number of primary amides is 1. The van der Waals surface area contributed by atoms with Crippen LogP contribution in [0.15, 0.2) is 12.1 Å². The van der Waals surface area contributed by atoms with Crippen molar-refractivity contribution in [3.05, 3.63) is 23.3 Å². The van der Waals surface area contributed by atoms with Gasteiger partial charge in [-0.3, -0.25) is 19.2 Å². The molecule has 238 valence electrons. The van der Waals surface area contributed by atoms with Crippen molar-refractivity contribution in [2.45, 2.75) is 105 Å². The fraction of sp³-hybridized carbons (Fsp3) is 0.688. The van der Waals surface area contributed by atoms with Gasteiger partial charge in [-0.05, 0) is 32.8 Å². The van der Waals surface area contributed by atoms with Gasteiger partial charge in [0.2, 0.25) is 0 Å². The molecule has 0 aliphatic rings. The van der Waals surface area contributed by atoms with Crippen molar-refractivity contribution in [1.29, 1.82) is 0 Å². The van der Waals surface area contributed by atoms with Gasteiger partial charge in [0, 0.05) is 6.07 Å². The number of nitrogens with zero attached hydrogens (tertiary/aromatic N) is 1. The van der Waals surface area contributed by atoms with Gasteiger partial charge in [-0.1, -0.05) is 78.1 Å². The number of carbonyl (C=O) groups excluding carboxylic acids is 4. The predicted octanol–water partition coefficient (Wildman–Crippen LogP) is 5.83. The lowest BCUT2D eigenvalue weighted by molar-refractivity contribution is -0.147. The molecule has 0 fully saturated rings. The Hall–Kier alpha value is -3.30. The van der Waals surface area contributed by atoms with E-state index >= 15 is 0 Å². The van der Waals surface area contributed by atoms with E-state index < -0.39 is 36.8 Å². The van der Waals surface area contributed by atoms with E-state index in [0.717, 1.165) is 56.3 Å². The van der Waals surface area contributed by atoms with Crippen LogP contribution in [0.2, 0.25) is 0 Å². The fourth-order valence-corrected chi connectivity index (χ4v) is 4.38. The van der Waals surface area contributed by atoms with Crippen molar-refractivity contribution in [2.24, 2.45) is 5.73 Å². The van der Waals surface area contributed by atoms with Crippen molar-refractivity contribution in [2.75, 3.05) is 39.5 Å². The average molecular weight is 593 g/mol. The van der Waals surface area contributed by atoms with Crippen LogP contribution in [0.5, 0.6) is 11.5 Å². The van der Waals surface area contributed by atoms with Gasteiger partial charge in [0.15, 0.2) is 0 Å². The van der Waals surface area contributed by atoms with Gasteiger partial charge in [-0.25, -0.2) is 0 Å². The molecule has 0 aliphatic heterocycles. The number of hydrogen-bond acceptors (Lipinski definition) is 8. The van der Waals surface area contributed by atoms with Gasteiger partial charge in [0.05, 0.1) is 37.6 Å². The molecule has 0 heterocycles. The number of nitrogens with two attached hydrogens (primary N) is 1. The van der Waals surface area contributed by atoms with Crippen molar-refractivity contribution in [3.63, 3.8) is 0 Å². The van der Waals surface area contributed by atoms with Crippen LogP contribution in [0.25, 0.3) is 0 Å². The first kappa shape index (κ1) is 36.7. The molecular formula is C32H52N2O8. The number of carbonyl (C=O) groups is 4. The van der Waals surface area contributed by atoms with E-state index in [1.807, 2.05) is 0 Å². The first-order chi connectivity index (χ1) is 20.3. The SMILES string of the molecule is CCCCCCCCOc1cc(OCCCCCCCC)c(C(=O)N(CC(=O)OCC)CC(=O)OCC)cc1C(N)=O. The molecule has 0 aliphatic carbocycles. The first-order valence-corrected chi connectivity index (χ1v) is 15.6. The van der Waals surface area contributed by atoms with Crippen LogP contribution in [0.3, 0.4) is 0 Å². The number of benzene rings is 1. The molecule has 10 nitrogen and oxygen atoms in total. The highest BCUT2D eigenvalue weighted by molar-refractivity contribution is 6.04. The summed E-state index contributed by atoms with van der Waals surface area (Å²) in [7, 11) is 0. The fourth-order valence-electron chi connectivity index (χ4n) is 4.38. The summed E-state index contributed by atoms with van der Waals surface area (Å²) in [6, 6.07) is 2.83. The molecule has 1 aromatic carbocycles. The lowest BCUT2D eigenvalue weighted by atomic mass is 10.1. The number of amides is 2. The maximum atomic E-state index is 13.8. The van der Waals surface area contributed by atoms with E-state index in [-0.39, 0.29) is 35.8 Å². The number of hydrogen-bond donors (Lipinski definition) is 1. The number of ether oxygens (including phenoxy) is 4. The van der Waals surface area contributed by atoms with Gasteiger partial charge >= 0.3 is 11.9 Å². The minimum absolute atomic E-state index is 0.00436. The first-order valence-electron chi connectivity index (χ1n) is 15.6. The molecule has 2 N–H and O–H groups in total. The van der Waals surface area contributed by atoms with Crippen LogP contribution in [0.4, 0.5) is 0 Å². The van der Waals surface area contributed by atoms with E-state index in [4.69, 9.17) is 24.7 Å². The summed E-state index contributed by atoms with van der Waals surface area (Å²) in [5, 5.41) is 0. The summed E-state index contributed by atoms with van der Waals surface area (Å²) < 4.78 is 22.0. The lowest BCUT2D eigenvalue weighted by Crippen LogP contribution is -2.41.